The zero-order chi connectivity index (χ0) is 26.8. The van der Waals surface area contributed by atoms with Crippen LogP contribution in [0.5, 0.6) is 0 Å². The zero-order valence-corrected chi connectivity index (χ0v) is 22.2. The molecule has 5 aromatic carbocycles. The molecule has 0 saturated carbocycles. The van der Waals surface area contributed by atoms with Crippen LogP contribution in [-0.2, 0) is 5.41 Å². The van der Waals surface area contributed by atoms with E-state index in [1.54, 1.807) is 0 Å². The number of nitrogens with zero attached hydrogens (tertiary/aromatic N) is 3. The van der Waals surface area contributed by atoms with Gasteiger partial charge in [-0.1, -0.05) is 111 Å². The predicted molar refractivity (Wildman–Crippen MR) is 161 cm³/mol. The summed E-state index contributed by atoms with van der Waals surface area (Å²) in [5, 5.41) is 2.18. The molecule has 0 fully saturated rings. The highest BCUT2D eigenvalue weighted by Crippen LogP contribution is 2.51. The summed E-state index contributed by atoms with van der Waals surface area (Å²) in [5.41, 5.74) is 9.50. The Hall–Kier alpha value is -5.09. The molecular formula is C36H25N3O. The summed E-state index contributed by atoms with van der Waals surface area (Å²) >= 11 is 0. The third-order valence-corrected chi connectivity index (χ3v) is 8.15. The van der Waals surface area contributed by atoms with Crippen LogP contribution in [0.1, 0.15) is 25.0 Å². The largest absolute Gasteiger partial charge is 0.456 e. The van der Waals surface area contributed by atoms with E-state index in [0.717, 1.165) is 38.6 Å². The monoisotopic (exact) mass is 515 g/mol. The highest BCUT2D eigenvalue weighted by Gasteiger charge is 2.37. The Kier molecular flexibility index (Phi) is 4.83. The van der Waals surface area contributed by atoms with Crippen LogP contribution in [0.4, 0.5) is 0 Å². The van der Waals surface area contributed by atoms with E-state index in [2.05, 4.69) is 74.5 Å². The topological polar surface area (TPSA) is 51.8 Å². The fourth-order valence-corrected chi connectivity index (χ4v) is 6.15. The molecule has 2 aromatic heterocycles. The second kappa shape index (κ2) is 8.45. The smallest absolute Gasteiger partial charge is 0.164 e. The molecule has 0 saturated heterocycles. The molecule has 0 bridgehead atoms. The average Bonchev–Trinajstić information content (AvgIpc) is 3.49. The van der Waals surface area contributed by atoms with Gasteiger partial charge in [0.15, 0.2) is 17.5 Å². The predicted octanol–water partition coefficient (Wildman–Crippen LogP) is 9.08. The number of rotatable bonds is 3. The summed E-state index contributed by atoms with van der Waals surface area (Å²) in [5.74, 6) is 1.93. The molecule has 1 aliphatic carbocycles. The van der Waals surface area contributed by atoms with Gasteiger partial charge >= 0.3 is 0 Å². The van der Waals surface area contributed by atoms with Gasteiger partial charge < -0.3 is 4.42 Å². The van der Waals surface area contributed by atoms with Crippen molar-refractivity contribution in [3.05, 3.63) is 126 Å². The Morgan fingerprint density at radius 2 is 1.15 bits per heavy atom. The molecule has 0 unspecified atom stereocenters. The summed E-state index contributed by atoms with van der Waals surface area (Å²) in [4.78, 5) is 15.1. The molecule has 2 heterocycles. The molecule has 0 atom stereocenters. The Labute approximate surface area is 232 Å². The normalized spacial score (nSPS) is 13.4. The molecular weight excluding hydrogens is 490 g/mol. The molecule has 40 heavy (non-hydrogen) atoms. The first-order valence-electron chi connectivity index (χ1n) is 13.5. The molecule has 0 amide bonds. The first-order valence-corrected chi connectivity index (χ1v) is 13.5. The minimum absolute atomic E-state index is 0.105. The van der Waals surface area contributed by atoms with Crippen LogP contribution in [0.3, 0.4) is 0 Å². The molecule has 0 spiro atoms. The maximum atomic E-state index is 6.20. The van der Waals surface area contributed by atoms with Crippen LogP contribution < -0.4 is 0 Å². The van der Waals surface area contributed by atoms with E-state index >= 15 is 0 Å². The summed E-state index contributed by atoms with van der Waals surface area (Å²) in [6, 6.07) is 39.6. The minimum atomic E-state index is -0.105. The third-order valence-electron chi connectivity index (χ3n) is 8.15. The van der Waals surface area contributed by atoms with Crippen molar-refractivity contribution in [2.75, 3.05) is 0 Å². The van der Waals surface area contributed by atoms with E-state index < -0.39 is 0 Å². The van der Waals surface area contributed by atoms with Gasteiger partial charge in [0.2, 0.25) is 0 Å². The van der Waals surface area contributed by atoms with Gasteiger partial charge in [-0.15, -0.1) is 0 Å². The highest BCUT2D eigenvalue weighted by molar-refractivity contribution is 6.05. The highest BCUT2D eigenvalue weighted by atomic mass is 16.3. The number of benzene rings is 5. The molecule has 0 aliphatic heterocycles. The van der Waals surface area contributed by atoms with Crippen LogP contribution in [0.25, 0.3) is 67.2 Å². The lowest BCUT2D eigenvalue weighted by Gasteiger charge is -2.21. The molecule has 1 aliphatic rings. The van der Waals surface area contributed by atoms with Gasteiger partial charge in [-0.3, -0.25) is 0 Å². The lowest BCUT2D eigenvalue weighted by molar-refractivity contribution is 0.660. The zero-order valence-electron chi connectivity index (χ0n) is 22.2. The SMILES string of the molecule is CC1(C)c2ccccc2-c2c(-c3nc(-c4ccccc4)nc(-c4ccc5c(c4)oc4ccccc45)n3)cccc21. The van der Waals surface area contributed by atoms with Crippen LogP contribution in [0.15, 0.2) is 120 Å². The van der Waals surface area contributed by atoms with Crippen LogP contribution >= 0.6 is 0 Å². The lowest BCUT2D eigenvalue weighted by Crippen LogP contribution is -2.14. The number of aromatic nitrogens is 3. The first-order chi connectivity index (χ1) is 19.6. The first kappa shape index (κ1) is 22.9. The van der Waals surface area contributed by atoms with Crippen molar-refractivity contribution >= 4 is 21.9 Å². The fourth-order valence-electron chi connectivity index (χ4n) is 6.15. The van der Waals surface area contributed by atoms with Gasteiger partial charge in [0.05, 0.1) is 0 Å². The van der Waals surface area contributed by atoms with E-state index in [4.69, 9.17) is 19.4 Å². The molecule has 8 rings (SSSR count). The van der Waals surface area contributed by atoms with Crippen molar-refractivity contribution in [3.63, 3.8) is 0 Å². The Balaban J connectivity index is 1.37. The van der Waals surface area contributed by atoms with Gasteiger partial charge in [-0.25, -0.2) is 15.0 Å². The standard InChI is InChI=1S/C36H25N3O/c1-36(2)28-16-8-6-14-26(28)32-27(15-10-17-29(32)36)35-38-33(22-11-4-3-5-12-22)37-34(39-35)23-19-20-25-24-13-7-9-18-30(24)40-31(25)21-23/h3-21H,1-2H3. The second-order valence-electron chi connectivity index (χ2n) is 10.9. The summed E-state index contributed by atoms with van der Waals surface area (Å²) in [6.07, 6.45) is 0. The summed E-state index contributed by atoms with van der Waals surface area (Å²) < 4.78 is 6.20. The van der Waals surface area contributed by atoms with Gasteiger partial charge in [-0.05, 0) is 40.5 Å². The Morgan fingerprint density at radius 3 is 2.02 bits per heavy atom. The number of fused-ring (bicyclic) bond motifs is 6. The molecule has 4 heteroatoms. The molecule has 7 aromatic rings. The van der Waals surface area contributed by atoms with Gasteiger partial charge in [-0.2, -0.15) is 0 Å². The Bertz CT molecular complexity index is 2090. The maximum absolute atomic E-state index is 6.20. The van der Waals surface area contributed by atoms with E-state index in [0.29, 0.717) is 17.5 Å². The fraction of sp³-hybridized carbons (Fsp3) is 0.0833. The molecule has 0 radical (unpaired) electrons. The van der Waals surface area contributed by atoms with Crippen LogP contribution in [0.2, 0.25) is 0 Å². The Morgan fingerprint density at radius 1 is 0.500 bits per heavy atom. The van der Waals surface area contributed by atoms with Crippen LogP contribution in [-0.4, -0.2) is 15.0 Å². The van der Waals surface area contributed by atoms with Crippen molar-refractivity contribution < 1.29 is 4.42 Å². The maximum Gasteiger partial charge on any atom is 0.164 e. The third kappa shape index (κ3) is 3.36. The number of para-hydroxylation sites is 1. The number of hydrogen-bond donors (Lipinski definition) is 0. The molecule has 0 N–H and O–H groups in total. The van der Waals surface area contributed by atoms with Crippen molar-refractivity contribution in [1.82, 2.24) is 15.0 Å². The van der Waals surface area contributed by atoms with Crippen molar-refractivity contribution in [2.24, 2.45) is 0 Å². The number of furan rings is 1. The second-order valence-corrected chi connectivity index (χ2v) is 10.9. The minimum Gasteiger partial charge on any atom is -0.456 e. The van der Waals surface area contributed by atoms with Gasteiger partial charge in [0, 0.05) is 32.9 Å². The molecule has 190 valence electrons. The van der Waals surface area contributed by atoms with Crippen molar-refractivity contribution in [1.29, 1.82) is 0 Å². The van der Waals surface area contributed by atoms with E-state index in [1.807, 2.05) is 54.6 Å². The quantitative estimate of drug-likeness (QED) is 0.235. The van der Waals surface area contributed by atoms with Gasteiger partial charge in [0.25, 0.3) is 0 Å². The lowest BCUT2D eigenvalue weighted by atomic mass is 9.82. The average molecular weight is 516 g/mol. The summed E-state index contributed by atoms with van der Waals surface area (Å²) in [7, 11) is 0. The number of hydrogen-bond acceptors (Lipinski definition) is 4. The van der Waals surface area contributed by atoms with Crippen LogP contribution in [0, 0.1) is 0 Å². The molecule has 4 nitrogen and oxygen atoms in total. The van der Waals surface area contributed by atoms with E-state index in [1.165, 1.54) is 22.3 Å². The van der Waals surface area contributed by atoms with Crippen molar-refractivity contribution in [3.8, 4) is 45.3 Å². The summed E-state index contributed by atoms with van der Waals surface area (Å²) in [6.45, 7) is 4.58. The van der Waals surface area contributed by atoms with E-state index in [-0.39, 0.29) is 5.41 Å². The van der Waals surface area contributed by atoms with E-state index in [9.17, 15) is 0 Å². The van der Waals surface area contributed by atoms with Crippen molar-refractivity contribution in [2.45, 2.75) is 19.3 Å². The van der Waals surface area contributed by atoms with Gasteiger partial charge in [0.1, 0.15) is 11.2 Å².